The molecule has 4 aromatic rings. The second-order valence-corrected chi connectivity index (χ2v) is 8.67. The van der Waals surface area contributed by atoms with Gasteiger partial charge < -0.3 is 0 Å². The Labute approximate surface area is 192 Å². The Hall–Kier alpha value is -3.38. The van der Waals surface area contributed by atoms with Crippen molar-refractivity contribution >= 4 is 17.8 Å². The van der Waals surface area contributed by atoms with Gasteiger partial charge in [0.2, 0.25) is 0 Å². The van der Waals surface area contributed by atoms with Crippen molar-refractivity contribution in [1.29, 1.82) is 0 Å². The molecule has 2 aromatic heterocycles. The third kappa shape index (κ3) is 4.57. The summed E-state index contributed by atoms with van der Waals surface area (Å²) in [7, 11) is 0. The zero-order chi connectivity index (χ0) is 22.8. The molecule has 0 bridgehead atoms. The topological polar surface area (TPSA) is 33.4 Å². The lowest BCUT2D eigenvalue weighted by Crippen LogP contribution is -2.34. The molecule has 1 fully saturated rings. The van der Waals surface area contributed by atoms with E-state index in [1.807, 2.05) is 35.8 Å². The zero-order valence-electron chi connectivity index (χ0n) is 18.6. The van der Waals surface area contributed by atoms with E-state index in [9.17, 15) is 8.78 Å². The van der Waals surface area contributed by atoms with Crippen LogP contribution in [0.2, 0.25) is 0 Å². The van der Waals surface area contributed by atoms with Crippen LogP contribution in [-0.2, 0) is 6.54 Å². The van der Waals surface area contributed by atoms with Crippen LogP contribution in [0.1, 0.15) is 46.8 Å². The minimum Gasteiger partial charge on any atom is -0.298 e. The quantitative estimate of drug-likeness (QED) is 0.386. The van der Waals surface area contributed by atoms with Crippen molar-refractivity contribution in [2.45, 2.75) is 32.2 Å². The van der Waals surface area contributed by atoms with Crippen molar-refractivity contribution < 1.29 is 8.78 Å². The highest BCUT2D eigenvalue weighted by molar-refractivity contribution is 5.77. The molecule has 5 rings (SSSR count). The van der Waals surface area contributed by atoms with Gasteiger partial charge in [-0.25, -0.2) is 18.3 Å². The smallest absolute Gasteiger partial charge is 0.162 e. The number of hydrogen-bond donors (Lipinski definition) is 0. The van der Waals surface area contributed by atoms with Crippen LogP contribution in [0.15, 0.2) is 60.8 Å². The molecule has 168 valence electrons. The molecule has 1 aliphatic heterocycles. The predicted molar refractivity (Wildman–Crippen MR) is 127 cm³/mol. The van der Waals surface area contributed by atoms with Crippen molar-refractivity contribution in [1.82, 2.24) is 19.5 Å². The molecule has 3 heterocycles. The Morgan fingerprint density at radius 3 is 2.70 bits per heavy atom. The van der Waals surface area contributed by atoms with Crippen molar-refractivity contribution in [2.24, 2.45) is 0 Å². The van der Waals surface area contributed by atoms with Crippen molar-refractivity contribution in [3.8, 4) is 0 Å². The highest BCUT2D eigenvalue weighted by Gasteiger charge is 2.25. The number of piperidine rings is 1. The summed E-state index contributed by atoms with van der Waals surface area (Å²) in [5.41, 5.74) is 5.88. The first kappa shape index (κ1) is 21.5. The van der Waals surface area contributed by atoms with Crippen LogP contribution < -0.4 is 0 Å². The molecule has 0 saturated carbocycles. The normalized spacial score (nSPS) is 17.2. The molecular weight excluding hydrogens is 418 g/mol. The minimum atomic E-state index is -0.805. The van der Waals surface area contributed by atoms with E-state index in [1.54, 1.807) is 6.07 Å². The van der Waals surface area contributed by atoms with Crippen LogP contribution in [0, 0.1) is 18.6 Å². The first-order valence-corrected chi connectivity index (χ1v) is 11.3. The van der Waals surface area contributed by atoms with E-state index in [-0.39, 0.29) is 0 Å². The van der Waals surface area contributed by atoms with E-state index >= 15 is 0 Å². The molecular formula is C27H26F2N4. The number of halogens is 2. The number of likely N-dealkylation sites (tertiary alicyclic amines) is 1. The molecule has 1 saturated heterocycles. The first-order chi connectivity index (χ1) is 16.1. The Morgan fingerprint density at radius 2 is 1.88 bits per heavy atom. The van der Waals surface area contributed by atoms with Gasteiger partial charge >= 0.3 is 0 Å². The highest BCUT2D eigenvalue weighted by Crippen LogP contribution is 2.29. The van der Waals surface area contributed by atoms with Crippen LogP contribution in [0.25, 0.3) is 17.8 Å². The van der Waals surface area contributed by atoms with Gasteiger partial charge in [0, 0.05) is 30.8 Å². The third-order valence-electron chi connectivity index (χ3n) is 6.32. The van der Waals surface area contributed by atoms with Crippen LogP contribution in [0.4, 0.5) is 8.78 Å². The van der Waals surface area contributed by atoms with E-state index in [4.69, 9.17) is 5.10 Å². The van der Waals surface area contributed by atoms with Gasteiger partial charge in [0.25, 0.3) is 0 Å². The largest absolute Gasteiger partial charge is 0.298 e. The maximum atomic E-state index is 13.6. The summed E-state index contributed by atoms with van der Waals surface area (Å²) < 4.78 is 28.9. The number of rotatable bonds is 5. The summed E-state index contributed by atoms with van der Waals surface area (Å²) in [6, 6.07) is 16.4. The highest BCUT2D eigenvalue weighted by atomic mass is 19.2. The molecule has 0 radical (unpaired) electrons. The molecule has 1 aliphatic rings. The summed E-state index contributed by atoms with van der Waals surface area (Å²) in [6.07, 6.45) is 8.13. The number of hydrogen-bond acceptors (Lipinski definition) is 3. The SMILES string of the molecule is Cc1nn2c([C@H]3CCCN(Cc4ccc(F)c(F)c4)C3)ccnc2c1/C=C/c1ccccc1. The van der Waals surface area contributed by atoms with Crippen molar-refractivity contribution in [3.05, 3.63) is 101 Å². The predicted octanol–water partition coefficient (Wildman–Crippen LogP) is 5.87. The number of nitrogens with zero attached hydrogens (tertiary/aromatic N) is 4. The maximum Gasteiger partial charge on any atom is 0.162 e. The van der Waals surface area contributed by atoms with Gasteiger partial charge in [0.1, 0.15) is 0 Å². The second kappa shape index (κ2) is 9.24. The Bertz CT molecular complexity index is 1300. The molecule has 0 N–H and O–H groups in total. The van der Waals surface area contributed by atoms with E-state index in [1.165, 1.54) is 12.1 Å². The van der Waals surface area contributed by atoms with Crippen LogP contribution in [0.5, 0.6) is 0 Å². The van der Waals surface area contributed by atoms with E-state index in [0.717, 1.165) is 59.7 Å². The third-order valence-corrected chi connectivity index (χ3v) is 6.32. The summed E-state index contributed by atoms with van der Waals surface area (Å²) in [5, 5.41) is 4.82. The number of aromatic nitrogens is 3. The number of benzene rings is 2. The van der Waals surface area contributed by atoms with Crippen LogP contribution >= 0.6 is 0 Å². The van der Waals surface area contributed by atoms with Crippen LogP contribution in [0.3, 0.4) is 0 Å². The van der Waals surface area contributed by atoms with Crippen molar-refractivity contribution in [2.75, 3.05) is 13.1 Å². The van der Waals surface area contributed by atoms with Crippen molar-refractivity contribution in [3.63, 3.8) is 0 Å². The molecule has 2 aromatic carbocycles. The molecule has 1 atom stereocenters. The Morgan fingerprint density at radius 1 is 1.03 bits per heavy atom. The van der Waals surface area contributed by atoms with Gasteiger partial charge in [-0.15, -0.1) is 0 Å². The monoisotopic (exact) mass is 444 g/mol. The molecule has 4 nitrogen and oxygen atoms in total. The minimum absolute atomic E-state index is 0.291. The van der Waals surface area contributed by atoms with E-state index in [0.29, 0.717) is 12.5 Å². The van der Waals surface area contributed by atoms with E-state index < -0.39 is 11.6 Å². The van der Waals surface area contributed by atoms with Crippen LogP contribution in [-0.4, -0.2) is 32.6 Å². The van der Waals surface area contributed by atoms with Gasteiger partial charge in [-0.05, 0) is 61.7 Å². The Kier molecular flexibility index (Phi) is 6.01. The summed E-state index contributed by atoms with van der Waals surface area (Å²) in [4.78, 5) is 6.94. The summed E-state index contributed by atoms with van der Waals surface area (Å²) >= 11 is 0. The first-order valence-electron chi connectivity index (χ1n) is 11.3. The fourth-order valence-corrected chi connectivity index (χ4v) is 4.67. The maximum absolute atomic E-state index is 13.6. The number of aryl methyl sites for hydroxylation is 1. The average Bonchev–Trinajstić information content (AvgIpc) is 3.16. The summed E-state index contributed by atoms with van der Waals surface area (Å²) in [5.74, 6) is -1.31. The van der Waals surface area contributed by atoms with Gasteiger partial charge in [0.05, 0.1) is 11.4 Å². The number of fused-ring (bicyclic) bond motifs is 1. The van der Waals surface area contributed by atoms with Gasteiger partial charge in [-0.1, -0.05) is 42.5 Å². The van der Waals surface area contributed by atoms with Gasteiger partial charge in [-0.2, -0.15) is 5.10 Å². The molecule has 0 spiro atoms. The second-order valence-electron chi connectivity index (χ2n) is 8.67. The lowest BCUT2D eigenvalue weighted by molar-refractivity contribution is 0.197. The van der Waals surface area contributed by atoms with Gasteiger partial charge in [-0.3, -0.25) is 4.90 Å². The van der Waals surface area contributed by atoms with Gasteiger partial charge in [0.15, 0.2) is 17.3 Å². The summed E-state index contributed by atoms with van der Waals surface area (Å²) in [6.45, 7) is 4.39. The standard InChI is InChI=1S/C27H26F2N4/c1-19-23(11-9-20-6-3-2-4-7-20)27-30-14-13-26(33(27)31-19)22-8-5-15-32(18-22)17-21-10-12-24(28)25(29)16-21/h2-4,6-7,9-14,16,22H,5,8,15,17-18H2,1H3/b11-9+/t22-/m0/s1. The average molecular weight is 445 g/mol. The lowest BCUT2D eigenvalue weighted by atomic mass is 9.94. The molecule has 0 aliphatic carbocycles. The fourth-order valence-electron chi connectivity index (χ4n) is 4.67. The van der Waals surface area contributed by atoms with E-state index in [2.05, 4.69) is 40.2 Å². The molecule has 6 heteroatoms. The molecule has 0 amide bonds. The molecule has 0 unspecified atom stereocenters. The Balaban J connectivity index is 1.40. The molecule has 33 heavy (non-hydrogen) atoms. The zero-order valence-corrected chi connectivity index (χ0v) is 18.6. The lowest BCUT2D eigenvalue weighted by Gasteiger charge is -2.33. The fraction of sp³-hybridized carbons (Fsp3) is 0.259.